The quantitative estimate of drug-likeness (QED) is 0.832. The summed E-state index contributed by atoms with van der Waals surface area (Å²) in [6.07, 6.45) is 1.08. The first-order valence-electron chi connectivity index (χ1n) is 5.98. The van der Waals surface area contributed by atoms with Crippen LogP contribution in [-0.2, 0) is 6.42 Å². The molecule has 5 nitrogen and oxygen atoms in total. The van der Waals surface area contributed by atoms with Crippen LogP contribution in [0, 0.1) is 11.3 Å². The molecule has 1 heterocycles. The second-order valence-corrected chi connectivity index (χ2v) is 3.85. The number of carboxylic acids is 1. The predicted octanol–water partition coefficient (Wildman–Crippen LogP) is 2.08. The van der Waals surface area contributed by atoms with Gasteiger partial charge in [-0.1, -0.05) is 6.92 Å². The summed E-state index contributed by atoms with van der Waals surface area (Å²) in [5.41, 5.74) is 0.993. The van der Waals surface area contributed by atoms with Gasteiger partial charge in [-0.25, -0.2) is 9.78 Å². The number of aromatic carboxylic acids is 1. The third-order valence-electron chi connectivity index (χ3n) is 2.67. The van der Waals surface area contributed by atoms with E-state index < -0.39 is 5.97 Å². The standard InChI is InChI=1S/C13H17N3O2/c1-3-11-8-10(13(17)18)9-12(15-11)16(4-2)7-5-6-14/h8-9H,3-5,7H2,1-2H3,(H,17,18). The van der Waals surface area contributed by atoms with Crippen LogP contribution in [0.1, 0.15) is 36.3 Å². The Bertz CT molecular complexity index is 466. The highest BCUT2D eigenvalue weighted by atomic mass is 16.4. The molecule has 0 bridgehead atoms. The molecule has 0 amide bonds. The molecule has 0 aliphatic heterocycles. The number of rotatable bonds is 6. The van der Waals surface area contributed by atoms with Gasteiger partial charge in [-0.05, 0) is 25.5 Å². The van der Waals surface area contributed by atoms with E-state index in [9.17, 15) is 4.79 Å². The number of aryl methyl sites for hydroxylation is 1. The number of anilines is 1. The lowest BCUT2D eigenvalue weighted by Crippen LogP contribution is -2.25. The van der Waals surface area contributed by atoms with Gasteiger partial charge in [-0.3, -0.25) is 0 Å². The largest absolute Gasteiger partial charge is 0.478 e. The minimum atomic E-state index is -0.954. The molecule has 1 rings (SSSR count). The monoisotopic (exact) mass is 247 g/mol. The van der Waals surface area contributed by atoms with E-state index in [1.54, 1.807) is 12.1 Å². The van der Waals surface area contributed by atoms with Crippen molar-refractivity contribution in [2.75, 3.05) is 18.0 Å². The third kappa shape index (κ3) is 3.45. The Hall–Kier alpha value is -2.09. The number of aromatic nitrogens is 1. The van der Waals surface area contributed by atoms with E-state index in [0.717, 1.165) is 5.69 Å². The molecule has 1 aromatic heterocycles. The molecule has 0 aliphatic carbocycles. The van der Waals surface area contributed by atoms with Gasteiger partial charge in [0, 0.05) is 18.8 Å². The highest BCUT2D eigenvalue weighted by Gasteiger charge is 2.12. The maximum atomic E-state index is 11.0. The first kappa shape index (κ1) is 14.0. The molecule has 0 atom stereocenters. The number of carbonyl (C=O) groups is 1. The smallest absolute Gasteiger partial charge is 0.335 e. The zero-order valence-corrected chi connectivity index (χ0v) is 10.7. The zero-order valence-electron chi connectivity index (χ0n) is 10.7. The number of nitrogens with zero attached hydrogens (tertiary/aromatic N) is 3. The van der Waals surface area contributed by atoms with Crippen molar-refractivity contribution < 1.29 is 9.90 Å². The molecule has 0 radical (unpaired) electrons. The van der Waals surface area contributed by atoms with Gasteiger partial charge in [-0.15, -0.1) is 0 Å². The Morgan fingerprint density at radius 1 is 1.50 bits per heavy atom. The fourth-order valence-electron chi connectivity index (χ4n) is 1.66. The Labute approximate surface area is 107 Å². The molecule has 1 N–H and O–H groups in total. The van der Waals surface area contributed by atoms with Crippen LogP contribution < -0.4 is 4.90 Å². The van der Waals surface area contributed by atoms with E-state index in [-0.39, 0.29) is 5.56 Å². The van der Waals surface area contributed by atoms with E-state index in [2.05, 4.69) is 11.1 Å². The SMILES string of the molecule is CCc1cc(C(=O)O)cc(N(CC)CCC#N)n1. The average molecular weight is 247 g/mol. The van der Waals surface area contributed by atoms with E-state index in [1.165, 1.54) is 0 Å². The van der Waals surface area contributed by atoms with Crippen molar-refractivity contribution in [2.45, 2.75) is 26.7 Å². The van der Waals surface area contributed by atoms with Crippen LogP contribution in [-0.4, -0.2) is 29.1 Å². The number of carboxylic acid groups (broad SMARTS) is 1. The third-order valence-corrected chi connectivity index (χ3v) is 2.67. The molecule has 0 saturated heterocycles. The van der Waals surface area contributed by atoms with Gasteiger partial charge in [-0.2, -0.15) is 5.26 Å². The van der Waals surface area contributed by atoms with Gasteiger partial charge in [0.1, 0.15) is 5.82 Å². The maximum Gasteiger partial charge on any atom is 0.335 e. The first-order chi connectivity index (χ1) is 8.62. The average Bonchev–Trinajstić information content (AvgIpc) is 2.39. The molecule has 0 saturated carbocycles. The van der Waals surface area contributed by atoms with Gasteiger partial charge >= 0.3 is 5.97 Å². The fourth-order valence-corrected chi connectivity index (χ4v) is 1.66. The van der Waals surface area contributed by atoms with E-state index in [0.29, 0.717) is 31.7 Å². The van der Waals surface area contributed by atoms with Crippen molar-refractivity contribution in [3.05, 3.63) is 23.4 Å². The van der Waals surface area contributed by atoms with E-state index in [1.807, 2.05) is 18.7 Å². The topological polar surface area (TPSA) is 77.2 Å². The summed E-state index contributed by atoms with van der Waals surface area (Å²) >= 11 is 0. The minimum Gasteiger partial charge on any atom is -0.478 e. The first-order valence-corrected chi connectivity index (χ1v) is 5.98. The molecular formula is C13H17N3O2. The van der Waals surface area contributed by atoms with Crippen molar-refractivity contribution in [2.24, 2.45) is 0 Å². The number of hydrogen-bond donors (Lipinski definition) is 1. The molecular weight excluding hydrogens is 230 g/mol. The summed E-state index contributed by atoms with van der Waals surface area (Å²) in [6, 6.07) is 5.23. The van der Waals surface area contributed by atoms with Gasteiger partial charge < -0.3 is 10.0 Å². The number of pyridine rings is 1. The van der Waals surface area contributed by atoms with Crippen molar-refractivity contribution in [1.82, 2.24) is 4.98 Å². The van der Waals surface area contributed by atoms with Gasteiger partial charge in [0.25, 0.3) is 0 Å². The lowest BCUT2D eigenvalue weighted by molar-refractivity contribution is 0.0696. The van der Waals surface area contributed by atoms with Crippen LogP contribution in [0.5, 0.6) is 0 Å². The fraction of sp³-hybridized carbons (Fsp3) is 0.462. The molecule has 18 heavy (non-hydrogen) atoms. The second kappa shape index (κ2) is 6.60. The van der Waals surface area contributed by atoms with Crippen LogP contribution >= 0.6 is 0 Å². The highest BCUT2D eigenvalue weighted by Crippen LogP contribution is 2.16. The molecule has 0 aliphatic rings. The molecule has 96 valence electrons. The van der Waals surface area contributed by atoms with Crippen LogP contribution in [0.25, 0.3) is 0 Å². The molecule has 0 aromatic carbocycles. The summed E-state index contributed by atoms with van der Waals surface area (Å²) in [7, 11) is 0. The minimum absolute atomic E-state index is 0.243. The van der Waals surface area contributed by atoms with Gasteiger partial charge in [0.05, 0.1) is 18.1 Å². The zero-order chi connectivity index (χ0) is 13.5. The molecule has 0 spiro atoms. The molecule has 0 unspecified atom stereocenters. The molecule has 5 heteroatoms. The van der Waals surface area contributed by atoms with Crippen molar-refractivity contribution in [3.63, 3.8) is 0 Å². The normalized spacial score (nSPS) is 9.83. The van der Waals surface area contributed by atoms with E-state index >= 15 is 0 Å². The van der Waals surface area contributed by atoms with E-state index in [4.69, 9.17) is 10.4 Å². The van der Waals surface area contributed by atoms with Crippen LogP contribution in [0.3, 0.4) is 0 Å². The summed E-state index contributed by atoms with van der Waals surface area (Å²) in [5, 5.41) is 17.7. The summed E-state index contributed by atoms with van der Waals surface area (Å²) < 4.78 is 0. The van der Waals surface area contributed by atoms with Crippen molar-refractivity contribution >= 4 is 11.8 Å². The van der Waals surface area contributed by atoms with Crippen molar-refractivity contribution in [1.29, 1.82) is 5.26 Å². The predicted molar refractivity (Wildman–Crippen MR) is 68.7 cm³/mol. The number of hydrogen-bond acceptors (Lipinski definition) is 4. The summed E-state index contributed by atoms with van der Waals surface area (Å²) in [4.78, 5) is 17.4. The lowest BCUT2D eigenvalue weighted by atomic mass is 10.2. The maximum absolute atomic E-state index is 11.0. The Kier molecular flexibility index (Phi) is 5.12. The number of nitriles is 1. The van der Waals surface area contributed by atoms with Crippen molar-refractivity contribution in [3.8, 4) is 6.07 Å². The molecule has 0 fully saturated rings. The Morgan fingerprint density at radius 3 is 2.72 bits per heavy atom. The summed E-state index contributed by atoms with van der Waals surface area (Å²) in [6.45, 7) is 5.15. The van der Waals surface area contributed by atoms with Gasteiger partial charge in [0.2, 0.25) is 0 Å². The highest BCUT2D eigenvalue weighted by molar-refractivity contribution is 5.88. The van der Waals surface area contributed by atoms with Crippen LogP contribution in [0.2, 0.25) is 0 Å². The van der Waals surface area contributed by atoms with Crippen LogP contribution in [0.4, 0.5) is 5.82 Å². The Balaban J connectivity index is 3.09. The van der Waals surface area contributed by atoms with Gasteiger partial charge in [0.15, 0.2) is 0 Å². The van der Waals surface area contributed by atoms with Crippen LogP contribution in [0.15, 0.2) is 12.1 Å². The second-order valence-electron chi connectivity index (χ2n) is 3.85. The lowest BCUT2D eigenvalue weighted by Gasteiger charge is -2.21. The Morgan fingerprint density at radius 2 is 2.22 bits per heavy atom. The molecule has 1 aromatic rings. The summed E-state index contributed by atoms with van der Waals surface area (Å²) in [5.74, 6) is -0.325.